The Morgan fingerprint density at radius 2 is 1.59 bits per heavy atom. The number of carbonyl (C=O) groups excluding carboxylic acids is 1. The zero-order valence-electron chi connectivity index (χ0n) is 17.6. The van der Waals surface area contributed by atoms with Crippen LogP contribution in [0.2, 0.25) is 5.02 Å². The van der Waals surface area contributed by atoms with E-state index in [9.17, 15) is 13.2 Å². The molecule has 7 nitrogen and oxygen atoms in total. The van der Waals surface area contributed by atoms with Gasteiger partial charge in [-0.05, 0) is 29.8 Å². The first kappa shape index (κ1) is 23.6. The lowest BCUT2D eigenvalue weighted by Crippen LogP contribution is -2.37. The number of benzene rings is 3. The Morgan fingerprint density at radius 3 is 2.25 bits per heavy atom. The quantitative estimate of drug-likeness (QED) is 0.502. The van der Waals surface area contributed by atoms with Gasteiger partial charge in [0.1, 0.15) is 0 Å². The minimum atomic E-state index is -4.05. The lowest BCUT2D eigenvalue weighted by Gasteiger charge is -2.22. The Morgan fingerprint density at radius 1 is 0.938 bits per heavy atom. The van der Waals surface area contributed by atoms with Gasteiger partial charge >= 0.3 is 0 Å². The van der Waals surface area contributed by atoms with Crippen molar-refractivity contribution in [2.24, 2.45) is 0 Å². The van der Waals surface area contributed by atoms with Crippen molar-refractivity contribution >= 4 is 33.2 Å². The highest BCUT2D eigenvalue weighted by molar-refractivity contribution is 7.89. The molecular weight excluding hydrogens is 452 g/mol. The molecule has 3 rings (SSSR count). The fraction of sp³-hybridized carbons (Fsp3) is 0.174. The number of sulfonamides is 1. The van der Waals surface area contributed by atoms with Crippen LogP contribution in [-0.2, 0) is 21.4 Å². The maximum absolute atomic E-state index is 13.5. The molecule has 0 bridgehead atoms. The van der Waals surface area contributed by atoms with Gasteiger partial charge in [0.25, 0.3) is 0 Å². The molecule has 1 N–H and O–H groups in total. The monoisotopic (exact) mass is 474 g/mol. The van der Waals surface area contributed by atoms with Gasteiger partial charge in [-0.3, -0.25) is 4.79 Å². The molecule has 0 radical (unpaired) electrons. The molecule has 0 heterocycles. The van der Waals surface area contributed by atoms with Gasteiger partial charge in [0.05, 0.1) is 36.4 Å². The molecule has 0 saturated carbocycles. The first-order valence-electron chi connectivity index (χ1n) is 9.65. The van der Waals surface area contributed by atoms with Crippen LogP contribution in [0.3, 0.4) is 0 Å². The largest absolute Gasteiger partial charge is 0.493 e. The number of anilines is 1. The van der Waals surface area contributed by atoms with E-state index in [4.69, 9.17) is 21.1 Å². The molecule has 0 aliphatic carbocycles. The fourth-order valence-electron chi connectivity index (χ4n) is 3.05. The Balaban J connectivity index is 1.93. The van der Waals surface area contributed by atoms with Crippen molar-refractivity contribution in [1.82, 2.24) is 4.31 Å². The van der Waals surface area contributed by atoms with Crippen LogP contribution in [0.25, 0.3) is 0 Å². The third-order valence-electron chi connectivity index (χ3n) is 4.66. The van der Waals surface area contributed by atoms with Crippen LogP contribution in [0.15, 0.2) is 77.7 Å². The van der Waals surface area contributed by atoms with Crippen molar-refractivity contribution in [2.45, 2.75) is 11.4 Å². The minimum absolute atomic E-state index is 0.00740. The number of halogens is 1. The number of rotatable bonds is 9. The van der Waals surface area contributed by atoms with Gasteiger partial charge in [0.15, 0.2) is 11.5 Å². The van der Waals surface area contributed by atoms with E-state index in [1.54, 1.807) is 48.5 Å². The topological polar surface area (TPSA) is 84.9 Å². The predicted molar refractivity (Wildman–Crippen MR) is 124 cm³/mol. The van der Waals surface area contributed by atoms with Gasteiger partial charge in [-0.2, -0.15) is 4.31 Å². The molecule has 0 spiro atoms. The number of amides is 1. The summed E-state index contributed by atoms with van der Waals surface area (Å²) in [6, 6.07) is 20.1. The highest BCUT2D eigenvalue weighted by Crippen LogP contribution is 2.31. The van der Waals surface area contributed by atoms with E-state index >= 15 is 0 Å². The van der Waals surface area contributed by atoms with Gasteiger partial charge in [-0.1, -0.05) is 54.1 Å². The molecule has 0 aromatic heterocycles. The summed E-state index contributed by atoms with van der Waals surface area (Å²) in [7, 11) is -1.16. The van der Waals surface area contributed by atoms with Crippen LogP contribution in [0.4, 0.5) is 5.69 Å². The summed E-state index contributed by atoms with van der Waals surface area (Å²) < 4.78 is 38.5. The molecule has 1 amide bonds. The number of nitrogens with zero attached hydrogens (tertiary/aromatic N) is 1. The number of ether oxygens (including phenoxy) is 2. The van der Waals surface area contributed by atoms with E-state index in [-0.39, 0.29) is 17.2 Å². The summed E-state index contributed by atoms with van der Waals surface area (Å²) in [5.41, 5.74) is 1.14. The van der Waals surface area contributed by atoms with E-state index < -0.39 is 22.5 Å². The zero-order chi connectivity index (χ0) is 23.1. The number of hydrogen-bond donors (Lipinski definition) is 1. The number of nitrogens with one attached hydrogen (secondary N) is 1. The average Bonchev–Trinajstić information content (AvgIpc) is 2.80. The summed E-state index contributed by atoms with van der Waals surface area (Å²) in [5.74, 6) is 0.157. The highest BCUT2D eigenvalue weighted by atomic mass is 35.5. The summed E-state index contributed by atoms with van der Waals surface area (Å²) >= 11 is 6.11. The Bertz CT molecular complexity index is 1190. The highest BCUT2D eigenvalue weighted by Gasteiger charge is 2.28. The molecule has 3 aromatic carbocycles. The number of carbonyl (C=O) groups is 1. The van der Waals surface area contributed by atoms with Gasteiger partial charge in [0, 0.05) is 12.6 Å². The van der Waals surface area contributed by atoms with E-state index in [0.29, 0.717) is 16.5 Å². The second-order valence-electron chi connectivity index (χ2n) is 6.80. The van der Waals surface area contributed by atoms with Crippen molar-refractivity contribution < 1.29 is 22.7 Å². The third-order valence-corrected chi connectivity index (χ3v) is 6.78. The third kappa shape index (κ3) is 5.59. The normalized spacial score (nSPS) is 11.2. The number of hydrogen-bond acceptors (Lipinski definition) is 5. The molecule has 0 atom stereocenters. The van der Waals surface area contributed by atoms with Crippen LogP contribution in [0, 0.1) is 0 Å². The van der Waals surface area contributed by atoms with Crippen LogP contribution in [-0.4, -0.2) is 39.4 Å². The Kier molecular flexibility index (Phi) is 7.74. The molecule has 0 aliphatic rings. The second-order valence-corrected chi connectivity index (χ2v) is 9.15. The van der Waals surface area contributed by atoms with E-state index in [0.717, 1.165) is 9.87 Å². The summed E-state index contributed by atoms with van der Waals surface area (Å²) in [5, 5.41) is 3.03. The lowest BCUT2D eigenvalue weighted by molar-refractivity contribution is -0.116. The maximum Gasteiger partial charge on any atom is 0.243 e. The van der Waals surface area contributed by atoms with Gasteiger partial charge < -0.3 is 14.8 Å². The summed E-state index contributed by atoms with van der Waals surface area (Å²) in [6.45, 7) is -0.399. The van der Waals surface area contributed by atoms with Crippen LogP contribution >= 0.6 is 11.6 Å². The Labute approximate surface area is 192 Å². The van der Waals surface area contributed by atoms with Crippen molar-refractivity contribution in [1.29, 1.82) is 0 Å². The zero-order valence-corrected chi connectivity index (χ0v) is 19.2. The average molecular weight is 475 g/mol. The fourth-order valence-corrected chi connectivity index (χ4v) is 4.63. The number of para-hydroxylation sites is 1. The van der Waals surface area contributed by atoms with Crippen LogP contribution in [0.5, 0.6) is 11.5 Å². The minimum Gasteiger partial charge on any atom is -0.493 e. The predicted octanol–water partition coefficient (Wildman–Crippen LogP) is 4.19. The molecule has 32 heavy (non-hydrogen) atoms. The van der Waals surface area contributed by atoms with E-state index in [1.807, 2.05) is 6.07 Å². The standard InChI is InChI=1S/C23H23ClN2O5S/c1-30-21-13-12-18(14-22(21)31-2)32(28,29)26(15-17-8-4-3-5-9-17)16-23(27)25-20-11-7-6-10-19(20)24/h3-14H,15-16H2,1-2H3,(H,25,27). The summed E-state index contributed by atoms with van der Waals surface area (Å²) in [4.78, 5) is 12.7. The second kappa shape index (κ2) is 10.5. The molecule has 0 unspecified atom stereocenters. The number of methoxy groups -OCH3 is 2. The molecule has 9 heteroatoms. The van der Waals surface area contributed by atoms with Crippen LogP contribution in [0.1, 0.15) is 5.56 Å². The first-order valence-corrected chi connectivity index (χ1v) is 11.5. The SMILES string of the molecule is COc1ccc(S(=O)(=O)N(CC(=O)Nc2ccccc2Cl)Cc2ccccc2)cc1OC. The molecule has 0 aliphatic heterocycles. The maximum atomic E-state index is 13.5. The molecule has 0 fully saturated rings. The molecule has 168 valence electrons. The van der Waals surface area contributed by atoms with E-state index in [2.05, 4.69) is 5.32 Å². The van der Waals surface area contributed by atoms with Crippen molar-refractivity contribution in [3.8, 4) is 11.5 Å². The van der Waals surface area contributed by atoms with E-state index in [1.165, 1.54) is 32.4 Å². The summed E-state index contributed by atoms with van der Waals surface area (Å²) in [6.07, 6.45) is 0. The van der Waals surface area contributed by atoms with Crippen molar-refractivity contribution in [2.75, 3.05) is 26.1 Å². The van der Waals surface area contributed by atoms with Crippen molar-refractivity contribution in [3.63, 3.8) is 0 Å². The molecule has 3 aromatic rings. The molecular formula is C23H23ClN2O5S. The van der Waals surface area contributed by atoms with Gasteiger partial charge in [0.2, 0.25) is 15.9 Å². The van der Waals surface area contributed by atoms with Gasteiger partial charge in [-0.25, -0.2) is 8.42 Å². The first-order chi connectivity index (χ1) is 15.3. The lowest BCUT2D eigenvalue weighted by atomic mass is 10.2. The van der Waals surface area contributed by atoms with Crippen molar-refractivity contribution in [3.05, 3.63) is 83.4 Å². The smallest absolute Gasteiger partial charge is 0.243 e. The molecule has 0 saturated heterocycles. The van der Waals surface area contributed by atoms with Crippen LogP contribution < -0.4 is 14.8 Å². The van der Waals surface area contributed by atoms with Gasteiger partial charge in [-0.15, -0.1) is 0 Å². The Hall–Kier alpha value is -3.07.